The monoisotopic (exact) mass is 570 g/mol. The maximum atomic E-state index is 13.2. The van der Waals surface area contributed by atoms with Crippen LogP contribution in [-0.2, 0) is 21.5 Å². The number of rotatable bonds is 10. The topological polar surface area (TPSA) is 58.6 Å². The number of carbonyl (C=O) groups is 2. The van der Waals surface area contributed by atoms with Crippen LogP contribution >= 0.6 is 39.1 Å². The van der Waals surface area contributed by atoms with Crippen molar-refractivity contribution in [1.29, 1.82) is 0 Å². The van der Waals surface area contributed by atoms with Gasteiger partial charge < -0.3 is 15.0 Å². The lowest BCUT2D eigenvalue weighted by Gasteiger charge is -2.29. The van der Waals surface area contributed by atoms with E-state index in [-0.39, 0.29) is 30.4 Å². The van der Waals surface area contributed by atoms with Crippen molar-refractivity contribution in [2.24, 2.45) is 0 Å². The third-order valence-corrected chi connectivity index (χ3v) is 6.84. The number of amides is 2. The van der Waals surface area contributed by atoms with Gasteiger partial charge in [0.05, 0.1) is 14.5 Å². The molecule has 0 unspecified atom stereocenters. The zero-order chi connectivity index (χ0) is 25.5. The van der Waals surface area contributed by atoms with Crippen molar-refractivity contribution in [3.8, 4) is 5.75 Å². The maximum absolute atomic E-state index is 13.2. The quantitative estimate of drug-likeness (QED) is 0.320. The number of halogens is 3. The van der Waals surface area contributed by atoms with Gasteiger partial charge in [-0.2, -0.15) is 0 Å². The highest BCUT2D eigenvalue weighted by Gasteiger charge is 2.27. The van der Waals surface area contributed by atoms with Gasteiger partial charge in [0.25, 0.3) is 5.91 Å². The molecule has 0 aliphatic carbocycles. The lowest BCUT2D eigenvalue weighted by atomic mass is 9.87. The average molecular weight is 572 g/mol. The first-order chi connectivity index (χ1) is 15.9. The SMILES string of the molecule is CCCCNC(=O)[C@H](C)N(Cc1ccc(Cl)c(Cl)c1)C(=O)COc1ccc(C(C)(C)C)cc1Br. The Hall–Kier alpha value is -1.76. The predicted octanol–water partition coefficient (Wildman–Crippen LogP) is 6.77. The number of nitrogens with one attached hydrogen (secondary N) is 1. The molecule has 186 valence electrons. The molecule has 0 fully saturated rings. The van der Waals surface area contributed by atoms with E-state index in [4.69, 9.17) is 27.9 Å². The summed E-state index contributed by atoms with van der Waals surface area (Å²) in [7, 11) is 0. The van der Waals surface area contributed by atoms with E-state index in [1.807, 2.05) is 18.2 Å². The molecule has 0 aromatic heterocycles. The van der Waals surface area contributed by atoms with E-state index in [9.17, 15) is 9.59 Å². The summed E-state index contributed by atoms with van der Waals surface area (Å²) in [5.74, 6) is 0.0458. The number of nitrogens with zero attached hydrogens (tertiary/aromatic N) is 1. The summed E-state index contributed by atoms with van der Waals surface area (Å²) in [6.45, 7) is 10.7. The fourth-order valence-corrected chi connectivity index (χ4v) is 4.07. The van der Waals surface area contributed by atoms with E-state index in [2.05, 4.69) is 48.9 Å². The van der Waals surface area contributed by atoms with Gasteiger partial charge in [0, 0.05) is 13.1 Å². The van der Waals surface area contributed by atoms with Gasteiger partial charge in [-0.25, -0.2) is 0 Å². The number of unbranched alkanes of at least 4 members (excludes halogenated alkanes) is 1. The van der Waals surface area contributed by atoms with Gasteiger partial charge in [-0.1, -0.05) is 69.5 Å². The van der Waals surface area contributed by atoms with Crippen LogP contribution in [0.3, 0.4) is 0 Å². The van der Waals surface area contributed by atoms with Gasteiger partial charge in [-0.15, -0.1) is 0 Å². The molecule has 0 heterocycles. The Balaban J connectivity index is 2.19. The minimum atomic E-state index is -0.686. The average Bonchev–Trinajstić information content (AvgIpc) is 2.77. The fourth-order valence-electron chi connectivity index (χ4n) is 3.26. The highest BCUT2D eigenvalue weighted by molar-refractivity contribution is 9.10. The number of hydrogen-bond acceptors (Lipinski definition) is 3. The predicted molar refractivity (Wildman–Crippen MR) is 143 cm³/mol. The normalized spacial score (nSPS) is 12.2. The van der Waals surface area contributed by atoms with Crippen LogP contribution in [0.15, 0.2) is 40.9 Å². The van der Waals surface area contributed by atoms with Crippen molar-refractivity contribution >= 4 is 50.9 Å². The molecule has 0 radical (unpaired) electrons. The molecular weight excluding hydrogens is 539 g/mol. The number of benzene rings is 2. The molecule has 0 saturated heterocycles. The largest absolute Gasteiger partial charge is 0.483 e. The summed E-state index contributed by atoms with van der Waals surface area (Å²) in [5.41, 5.74) is 1.91. The zero-order valence-corrected chi connectivity index (χ0v) is 23.5. The molecule has 2 aromatic carbocycles. The minimum absolute atomic E-state index is 0.00586. The van der Waals surface area contributed by atoms with Crippen molar-refractivity contribution in [2.45, 2.75) is 65.5 Å². The standard InChI is InChI=1S/C26H33BrCl2N2O3/c1-6-7-12-30-25(33)17(2)31(15-18-8-10-21(28)22(29)13-18)24(32)16-34-23-11-9-19(14-20(23)27)26(3,4)5/h8-11,13-14,17H,6-7,12,15-16H2,1-5H3,(H,30,33)/t17-/m0/s1. The second kappa shape index (κ2) is 12.8. The first kappa shape index (κ1) is 28.5. The lowest BCUT2D eigenvalue weighted by Crippen LogP contribution is -2.49. The molecule has 0 aliphatic heterocycles. The van der Waals surface area contributed by atoms with E-state index >= 15 is 0 Å². The molecule has 2 amide bonds. The van der Waals surface area contributed by atoms with Crippen LogP contribution in [0.4, 0.5) is 0 Å². The van der Waals surface area contributed by atoms with Gasteiger partial charge >= 0.3 is 0 Å². The highest BCUT2D eigenvalue weighted by atomic mass is 79.9. The Morgan fingerprint density at radius 2 is 1.82 bits per heavy atom. The summed E-state index contributed by atoms with van der Waals surface area (Å²) in [6, 6.07) is 10.3. The molecule has 0 spiro atoms. The Morgan fingerprint density at radius 1 is 1.12 bits per heavy atom. The molecule has 8 heteroatoms. The summed E-state index contributed by atoms with van der Waals surface area (Å²) in [5, 5.41) is 3.73. The molecular formula is C26H33BrCl2N2O3. The third kappa shape index (κ3) is 8.17. The molecule has 1 N–H and O–H groups in total. The van der Waals surface area contributed by atoms with Crippen LogP contribution in [0.25, 0.3) is 0 Å². The Kier molecular flexibility index (Phi) is 10.7. The van der Waals surface area contributed by atoms with Crippen molar-refractivity contribution in [1.82, 2.24) is 10.2 Å². The van der Waals surface area contributed by atoms with Crippen LogP contribution < -0.4 is 10.1 Å². The molecule has 2 aromatic rings. The van der Waals surface area contributed by atoms with Crippen molar-refractivity contribution in [2.75, 3.05) is 13.2 Å². The molecule has 5 nitrogen and oxygen atoms in total. The number of ether oxygens (including phenoxy) is 1. The Morgan fingerprint density at radius 3 is 2.41 bits per heavy atom. The Bertz CT molecular complexity index is 1010. The Labute approximate surface area is 221 Å². The number of hydrogen-bond donors (Lipinski definition) is 1. The van der Waals surface area contributed by atoms with Crippen LogP contribution in [0.2, 0.25) is 10.0 Å². The second-order valence-electron chi connectivity index (χ2n) is 9.27. The molecule has 1 atom stereocenters. The van der Waals surface area contributed by atoms with E-state index < -0.39 is 6.04 Å². The van der Waals surface area contributed by atoms with Gasteiger partial charge in [0.15, 0.2) is 6.61 Å². The number of carbonyl (C=O) groups excluding carboxylic acids is 2. The van der Waals surface area contributed by atoms with E-state index in [0.29, 0.717) is 22.3 Å². The lowest BCUT2D eigenvalue weighted by molar-refractivity contribution is -0.142. The minimum Gasteiger partial charge on any atom is -0.483 e. The van der Waals surface area contributed by atoms with Crippen LogP contribution in [-0.4, -0.2) is 35.9 Å². The van der Waals surface area contributed by atoms with Crippen molar-refractivity contribution in [3.63, 3.8) is 0 Å². The first-order valence-electron chi connectivity index (χ1n) is 11.4. The van der Waals surface area contributed by atoms with Crippen molar-refractivity contribution in [3.05, 3.63) is 62.0 Å². The highest BCUT2D eigenvalue weighted by Crippen LogP contribution is 2.31. The fraction of sp³-hybridized carbons (Fsp3) is 0.462. The van der Waals surface area contributed by atoms with E-state index in [1.165, 1.54) is 4.90 Å². The molecule has 0 saturated carbocycles. The van der Waals surface area contributed by atoms with E-state index in [0.717, 1.165) is 28.4 Å². The van der Waals surface area contributed by atoms with Crippen LogP contribution in [0, 0.1) is 0 Å². The zero-order valence-electron chi connectivity index (χ0n) is 20.4. The van der Waals surface area contributed by atoms with Crippen molar-refractivity contribution < 1.29 is 14.3 Å². The van der Waals surface area contributed by atoms with Gasteiger partial charge in [-0.05, 0) is 70.1 Å². The molecule has 0 aliphatic rings. The van der Waals surface area contributed by atoms with Crippen LogP contribution in [0.5, 0.6) is 5.75 Å². The summed E-state index contributed by atoms with van der Waals surface area (Å²) < 4.78 is 6.61. The molecule has 34 heavy (non-hydrogen) atoms. The van der Waals surface area contributed by atoms with Gasteiger partial charge in [0.1, 0.15) is 11.8 Å². The maximum Gasteiger partial charge on any atom is 0.261 e. The summed E-state index contributed by atoms with van der Waals surface area (Å²) >= 11 is 15.7. The van der Waals surface area contributed by atoms with Gasteiger partial charge in [-0.3, -0.25) is 9.59 Å². The van der Waals surface area contributed by atoms with E-state index in [1.54, 1.807) is 25.1 Å². The summed E-state index contributed by atoms with van der Waals surface area (Å²) in [6.07, 6.45) is 1.85. The van der Waals surface area contributed by atoms with Gasteiger partial charge in [0.2, 0.25) is 5.91 Å². The third-order valence-electron chi connectivity index (χ3n) is 5.48. The first-order valence-corrected chi connectivity index (χ1v) is 12.9. The second-order valence-corrected chi connectivity index (χ2v) is 10.9. The molecule has 2 rings (SSSR count). The summed E-state index contributed by atoms with van der Waals surface area (Å²) in [4.78, 5) is 27.5. The smallest absolute Gasteiger partial charge is 0.261 e. The van der Waals surface area contributed by atoms with Crippen LogP contribution in [0.1, 0.15) is 58.6 Å². The molecule has 0 bridgehead atoms.